The Bertz CT molecular complexity index is 153. The number of rotatable bonds is 1. The highest BCUT2D eigenvalue weighted by molar-refractivity contribution is 6.52. The summed E-state index contributed by atoms with van der Waals surface area (Å²) in [6, 6.07) is 0. The Morgan fingerprint density at radius 2 is 1.58 bits per heavy atom. The van der Waals surface area contributed by atoms with Gasteiger partial charge in [0.15, 0.2) is 0 Å². The minimum absolute atomic E-state index is 0.0553. The van der Waals surface area contributed by atoms with E-state index in [1.54, 1.807) is 0 Å². The van der Waals surface area contributed by atoms with Crippen molar-refractivity contribution in [3.05, 3.63) is 0 Å². The van der Waals surface area contributed by atoms with Crippen LogP contribution in [0.15, 0.2) is 0 Å². The number of hydrogen-bond donors (Lipinski definition) is 1. The summed E-state index contributed by atoms with van der Waals surface area (Å²) in [6.45, 7) is 1.80. The van der Waals surface area contributed by atoms with Crippen molar-refractivity contribution in [2.45, 2.75) is 30.5 Å². The van der Waals surface area contributed by atoms with E-state index in [9.17, 15) is 4.79 Å². The number of halogens is 2. The maximum Gasteiger partial charge on any atom is 0.345 e. The number of likely N-dealkylation sites (tertiary alicyclic amines) is 1. The molecule has 0 saturated carbocycles. The van der Waals surface area contributed by atoms with E-state index in [2.05, 4.69) is 0 Å². The van der Waals surface area contributed by atoms with Crippen LogP contribution >= 0.6 is 23.2 Å². The van der Waals surface area contributed by atoms with Crippen molar-refractivity contribution in [1.29, 1.82) is 0 Å². The molecule has 1 aliphatic rings. The summed E-state index contributed by atoms with van der Waals surface area (Å²) in [5.41, 5.74) is 0. The molecule has 0 radical (unpaired) electrons. The van der Waals surface area contributed by atoms with Crippen molar-refractivity contribution >= 4 is 29.1 Å². The topological polar surface area (TPSA) is 21.5 Å². The van der Waals surface area contributed by atoms with Crippen molar-refractivity contribution in [1.82, 2.24) is 0 Å². The Morgan fingerprint density at radius 1 is 1.08 bits per heavy atom. The highest BCUT2D eigenvalue weighted by Crippen LogP contribution is 2.02. The first-order valence-electron chi connectivity index (χ1n) is 4.39. The molecule has 1 rings (SSSR count). The van der Waals surface area contributed by atoms with Crippen LogP contribution in [0.3, 0.4) is 0 Å². The number of amides is 1. The lowest BCUT2D eigenvalue weighted by Crippen LogP contribution is -3.15. The molecule has 0 aromatic rings. The lowest BCUT2D eigenvalue weighted by molar-refractivity contribution is -0.819. The molecule has 1 N–H and O–H groups in total. The van der Waals surface area contributed by atoms with Crippen LogP contribution in [0.1, 0.15) is 25.7 Å². The van der Waals surface area contributed by atoms with Crippen LogP contribution in [-0.4, -0.2) is 23.8 Å². The van der Waals surface area contributed by atoms with Gasteiger partial charge in [-0.3, -0.25) is 4.90 Å². The number of hydrogen-bond acceptors (Lipinski definition) is 1. The van der Waals surface area contributed by atoms with Gasteiger partial charge in [-0.2, -0.15) is 0 Å². The zero-order valence-corrected chi connectivity index (χ0v) is 8.50. The summed E-state index contributed by atoms with van der Waals surface area (Å²) in [4.78, 5) is 11.4. The predicted octanol–water partition coefficient (Wildman–Crippen LogP) is 0.776. The SMILES string of the molecule is O=C(C(Cl)Cl)[NH+]1CCCCCC1. The molecule has 0 unspecified atom stereocenters. The van der Waals surface area contributed by atoms with Crippen LogP contribution in [0.2, 0.25) is 0 Å². The molecular weight excluding hydrogens is 197 g/mol. The molecule has 0 aromatic heterocycles. The van der Waals surface area contributed by atoms with Crippen molar-refractivity contribution in [2.75, 3.05) is 13.1 Å². The third kappa shape index (κ3) is 2.92. The van der Waals surface area contributed by atoms with Gasteiger partial charge >= 0.3 is 5.91 Å². The highest BCUT2D eigenvalue weighted by atomic mass is 35.5. The molecule has 1 aliphatic heterocycles. The highest BCUT2D eigenvalue weighted by Gasteiger charge is 2.26. The van der Waals surface area contributed by atoms with Crippen LogP contribution in [0, 0.1) is 0 Å². The first kappa shape index (κ1) is 10.3. The minimum atomic E-state index is -0.849. The Hall–Kier alpha value is 0.210. The Balaban J connectivity index is 2.43. The summed E-state index contributed by atoms with van der Waals surface area (Å²) in [7, 11) is 0. The average Bonchev–Trinajstić information content (AvgIpc) is 2.30. The molecule has 2 nitrogen and oxygen atoms in total. The zero-order chi connectivity index (χ0) is 8.97. The van der Waals surface area contributed by atoms with E-state index in [1.165, 1.54) is 12.8 Å². The van der Waals surface area contributed by atoms with Gasteiger partial charge in [-0.15, -0.1) is 0 Å². The molecule has 0 aliphatic carbocycles. The molecular formula is C8H14Cl2NO+. The summed E-state index contributed by atoms with van der Waals surface area (Å²) >= 11 is 11.0. The molecule has 12 heavy (non-hydrogen) atoms. The second kappa shape index (κ2) is 5.05. The van der Waals surface area contributed by atoms with E-state index >= 15 is 0 Å². The first-order valence-corrected chi connectivity index (χ1v) is 5.26. The number of alkyl halides is 2. The monoisotopic (exact) mass is 210 g/mol. The van der Waals surface area contributed by atoms with Gasteiger partial charge in [0.25, 0.3) is 0 Å². The van der Waals surface area contributed by atoms with Gasteiger partial charge in [0.1, 0.15) is 0 Å². The van der Waals surface area contributed by atoms with Gasteiger partial charge in [0, 0.05) is 0 Å². The molecule has 70 valence electrons. The maximum atomic E-state index is 11.3. The van der Waals surface area contributed by atoms with Crippen molar-refractivity contribution in [2.24, 2.45) is 0 Å². The fourth-order valence-electron chi connectivity index (χ4n) is 1.56. The summed E-state index contributed by atoms with van der Waals surface area (Å²) in [6.07, 6.45) is 4.68. The van der Waals surface area contributed by atoms with Gasteiger partial charge < -0.3 is 0 Å². The van der Waals surface area contributed by atoms with Crippen molar-refractivity contribution in [3.8, 4) is 0 Å². The fourth-order valence-corrected chi connectivity index (χ4v) is 1.86. The Morgan fingerprint density at radius 3 is 2.00 bits per heavy atom. The Kier molecular flexibility index (Phi) is 4.33. The minimum Gasteiger partial charge on any atom is -0.269 e. The van der Waals surface area contributed by atoms with Crippen LogP contribution in [0.25, 0.3) is 0 Å². The second-order valence-corrected chi connectivity index (χ2v) is 4.28. The molecule has 0 bridgehead atoms. The lowest BCUT2D eigenvalue weighted by atomic mass is 10.2. The van der Waals surface area contributed by atoms with Gasteiger partial charge in [-0.25, -0.2) is 4.79 Å². The predicted molar refractivity (Wildman–Crippen MR) is 49.7 cm³/mol. The number of quaternary nitrogens is 1. The third-order valence-corrected chi connectivity index (χ3v) is 2.65. The third-order valence-electron chi connectivity index (χ3n) is 2.25. The van der Waals surface area contributed by atoms with E-state index in [4.69, 9.17) is 23.2 Å². The number of carbonyl (C=O) groups excluding carboxylic acids is 1. The number of carbonyl (C=O) groups is 1. The van der Waals surface area contributed by atoms with Crippen LogP contribution in [0.5, 0.6) is 0 Å². The molecule has 4 heteroatoms. The first-order chi connectivity index (χ1) is 5.72. The molecule has 0 spiro atoms. The Labute approximate surface area is 82.8 Å². The van der Waals surface area contributed by atoms with Gasteiger partial charge in [-0.05, 0) is 25.7 Å². The zero-order valence-electron chi connectivity index (χ0n) is 6.98. The maximum absolute atomic E-state index is 11.3. The molecule has 0 atom stereocenters. The van der Waals surface area contributed by atoms with Gasteiger partial charge in [0.2, 0.25) is 4.84 Å². The standard InChI is InChI=1S/C8H13Cl2NO/c9-7(10)8(12)11-5-3-1-2-4-6-11/h7H,1-6H2/p+1. The molecule has 0 aromatic carbocycles. The normalized spacial score (nSPS) is 20.9. The molecule has 1 amide bonds. The van der Waals surface area contributed by atoms with Crippen LogP contribution < -0.4 is 4.90 Å². The second-order valence-electron chi connectivity index (χ2n) is 3.18. The summed E-state index contributed by atoms with van der Waals surface area (Å²) in [5, 5.41) is 0. The van der Waals surface area contributed by atoms with E-state index in [0.717, 1.165) is 30.8 Å². The molecule has 1 saturated heterocycles. The van der Waals surface area contributed by atoms with E-state index < -0.39 is 4.84 Å². The van der Waals surface area contributed by atoms with Crippen molar-refractivity contribution < 1.29 is 9.69 Å². The summed E-state index contributed by atoms with van der Waals surface area (Å²) in [5.74, 6) is -0.0553. The smallest absolute Gasteiger partial charge is 0.269 e. The molecule has 1 fully saturated rings. The number of nitrogens with one attached hydrogen (secondary N) is 1. The van der Waals surface area contributed by atoms with Gasteiger partial charge in [0.05, 0.1) is 13.1 Å². The van der Waals surface area contributed by atoms with E-state index in [1.807, 2.05) is 0 Å². The summed E-state index contributed by atoms with van der Waals surface area (Å²) < 4.78 is 0. The van der Waals surface area contributed by atoms with E-state index in [0.29, 0.717) is 0 Å². The quantitative estimate of drug-likeness (QED) is 0.636. The molecule has 1 heterocycles. The lowest BCUT2D eigenvalue weighted by Gasteiger charge is -2.14. The van der Waals surface area contributed by atoms with E-state index in [-0.39, 0.29) is 5.91 Å². The largest absolute Gasteiger partial charge is 0.345 e. The van der Waals surface area contributed by atoms with Crippen LogP contribution in [0.4, 0.5) is 0 Å². The fraction of sp³-hybridized carbons (Fsp3) is 0.875. The van der Waals surface area contributed by atoms with Gasteiger partial charge in [-0.1, -0.05) is 23.2 Å². The van der Waals surface area contributed by atoms with Crippen molar-refractivity contribution in [3.63, 3.8) is 0 Å². The average molecular weight is 211 g/mol. The van der Waals surface area contributed by atoms with Crippen LogP contribution in [-0.2, 0) is 4.79 Å².